The van der Waals surface area contributed by atoms with Crippen molar-refractivity contribution >= 4 is 29.9 Å². The summed E-state index contributed by atoms with van der Waals surface area (Å²) in [4.78, 5) is 6.26. The van der Waals surface area contributed by atoms with Crippen LogP contribution in [0.1, 0.15) is 11.1 Å². The van der Waals surface area contributed by atoms with Gasteiger partial charge in [-0.15, -0.1) is 24.0 Å². The van der Waals surface area contributed by atoms with E-state index < -0.39 is 11.6 Å². The van der Waals surface area contributed by atoms with Gasteiger partial charge >= 0.3 is 0 Å². The van der Waals surface area contributed by atoms with Crippen LogP contribution in [0.15, 0.2) is 41.4 Å². The summed E-state index contributed by atoms with van der Waals surface area (Å²) in [6.07, 6.45) is 1.23. The Bertz CT molecular complexity index is 819. The van der Waals surface area contributed by atoms with Gasteiger partial charge in [0.05, 0.1) is 14.2 Å². The number of nitrogens with one attached hydrogen (secondary N) is 1. The van der Waals surface area contributed by atoms with E-state index in [0.717, 1.165) is 24.6 Å². The Morgan fingerprint density at radius 1 is 1.03 bits per heavy atom. The Balaban J connectivity index is 0.00000420. The Kier molecular flexibility index (Phi) is 10.7. The topological polar surface area (TPSA) is 46.1 Å². The van der Waals surface area contributed by atoms with Crippen LogP contribution >= 0.6 is 24.0 Å². The first-order valence-electron chi connectivity index (χ1n) is 9.05. The number of halogens is 3. The Labute approximate surface area is 188 Å². The van der Waals surface area contributed by atoms with E-state index in [-0.39, 0.29) is 24.0 Å². The summed E-state index contributed by atoms with van der Waals surface area (Å²) in [5.74, 6) is 1.01. The summed E-state index contributed by atoms with van der Waals surface area (Å²) in [5, 5.41) is 3.21. The highest BCUT2D eigenvalue weighted by Gasteiger charge is 2.09. The van der Waals surface area contributed by atoms with Gasteiger partial charge in [0.2, 0.25) is 0 Å². The molecule has 0 radical (unpaired) electrons. The molecule has 0 aliphatic rings. The quantitative estimate of drug-likeness (QED) is 0.327. The lowest BCUT2D eigenvalue weighted by molar-refractivity contribution is 0.354. The predicted octanol–water partition coefficient (Wildman–Crippen LogP) is 3.89. The highest BCUT2D eigenvalue weighted by molar-refractivity contribution is 14.0. The molecule has 0 aromatic heterocycles. The second-order valence-corrected chi connectivity index (χ2v) is 6.32. The minimum atomic E-state index is -0.570. The molecule has 0 heterocycles. The highest BCUT2D eigenvalue weighted by Crippen LogP contribution is 2.27. The monoisotopic (exact) mass is 519 g/mol. The molecular weight excluding hydrogens is 491 g/mol. The van der Waals surface area contributed by atoms with Crippen LogP contribution in [0.4, 0.5) is 8.78 Å². The average Bonchev–Trinajstić information content (AvgIpc) is 2.70. The lowest BCUT2D eigenvalue weighted by atomic mass is 10.1. The van der Waals surface area contributed by atoms with Gasteiger partial charge in [-0.2, -0.15) is 0 Å². The summed E-state index contributed by atoms with van der Waals surface area (Å²) >= 11 is 0. The van der Waals surface area contributed by atoms with Gasteiger partial charge in [0.1, 0.15) is 11.6 Å². The van der Waals surface area contributed by atoms with Gasteiger partial charge < -0.3 is 19.7 Å². The lowest BCUT2D eigenvalue weighted by Gasteiger charge is -2.22. The van der Waals surface area contributed by atoms with Gasteiger partial charge in [0.15, 0.2) is 17.5 Å². The first kappa shape index (κ1) is 24.9. The predicted molar refractivity (Wildman–Crippen MR) is 123 cm³/mol. The molecule has 0 unspecified atom stereocenters. The van der Waals surface area contributed by atoms with E-state index in [2.05, 4.69) is 10.3 Å². The molecule has 0 atom stereocenters. The maximum atomic E-state index is 13.7. The van der Waals surface area contributed by atoms with Gasteiger partial charge in [-0.3, -0.25) is 4.99 Å². The molecule has 2 rings (SSSR count). The molecule has 0 aliphatic heterocycles. The fraction of sp³-hybridized carbons (Fsp3) is 0.381. The number of aliphatic imine (C=N–C) groups is 1. The first-order chi connectivity index (χ1) is 13.5. The normalized spacial score (nSPS) is 10.9. The maximum absolute atomic E-state index is 13.7. The van der Waals surface area contributed by atoms with Gasteiger partial charge in [-0.25, -0.2) is 8.78 Å². The Morgan fingerprint density at radius 3 is 2.38 bits per heavy atom. The minimum Gasteiger partial charge on any atom is -0.493 e. The second kappa shape index (κ2) is 12.5. The molecule has 0 amide bonds. The molecule has 2 aromatic carbocycles. The number of likely N-dealkylation sites (N-methyl/N-ethyl adjacent to an activating group) is 1. The number of ether oxygens (including phenoxy) is 2. The minimum absolute atomic E-state index is 0. The lowest BCUT2D eigenvalue weighted by Crippen LogP contribution is -2.40. The highest BCUT2D eigenvalue weighted by atomic mass is 127. The molecule has 0 fully saturated rings. The van der Waals surface area contributed by atoms with Crippen LogP contribution in [-0.2, 0) is 12.8 Å². The fourth-order valence-corrected chi connectivity index (χ4v) is 2.86. The summed E-state index contributed by atoms with van der Waals surface area (Å²) in [6, 6.07) is 9.49. The van der Waals surface area contributed by atoms with E-state index in [1.165, 1.54) is 12.1 Å². The van der Waals surface area contributed by atoms with E-state index in [1.54, 1.807) is 21.3 Å². The zero-order chi connectivity index (χ0) is 20.5. The smallest absolute Gasteiger partial charge is 0.193 e. The van der Waals surface area contributed by atoms with E-state index in [4.69, 9.17) is 9.47 Å². The standard InChI is InChI=1S/C21H27F2N3O2.HI/c1-24-21(25-11-9-16-6-7-17(22)14-18(16)23)26(2)12-10-15-5-8-19(27-3)20(13-15)28-4;/h5-8,13-14H,9-12H2,1-4H3,(H,24,25);1H. The molecule has 0 spiro atoms. The van der Waals surface area contributed by atoms with Crippen molar-refractivity contribution in [2.75, 3.05) is 41.4 Å². The largest absolute Gasteiger partial charge is 0.493 e. The number of nitrogens with zero attached hydrogens (tertiary/aromatic N) is 2. The van der Waals surface area contributed by atoms with Crippen molar-refractivity contribution < 1.29 is 18.3 Å². The van der Waals surface area contributed by atoms with Crippen molar-refractivity contribution in [1.82, 2.24) is 10.2 Å². The van der Waals surface area contributed by atoms with Crippen molar-refractivity contribution in [3.63, 3.8) is 0 Å². The van der Waals surface area contributed by atoms with Crippen molar-refractivity contribution in [3.8, 4) is 11.5 Å². The molecule has 0 aliphatic carbocycles. The van der Waals surface area contributed by atoms with Crippen LogP contribution in [0.2, 0.25) is 0 Å². The number of hydrogen-bond acceptors (Lipinski definition) is 3. The molecule has 5 nitrogen and oxygen atoms in total. The van der Waals surface area contributed by atoms with Crippen LogP contribution in [0.5, 0.6) is 11.5 Å². The van der Waals surface area contributed by atoms with Crippen molar-refractivity contribution in [3.05, 3.63) is 59.2 Å². The van der Waals surface area contributed by atoms with Crippen molar-refractivity contribution in [2.24, 2.45) is 4.99 Å². The van der Waals surface area contributed by atoms with Gasteiger partial charge in [-0.05, 0) is 42.2 Å². The summed E-state index contributed by atoms with van der Waals surface area (Å²) in [7, 11) is 6.87. The van der Waals surface area contributed by atoms with Crippen molar-refractivity contribution in [2.45, 2.75) is 12.8 Å². The number of hydrogen-bond donors (Lipinski definition) is 1. The fourth-order valence-electron chi connectivity index (χ4n) is 2.86. The number of methoxy groups -OCH3 is 2. The van der Waals surface area contributed by atoms with Crippen LogP contribution in [0.3, 0.4) is 0 Å². The second-order valence-electron chi connectivity index (χ2n) is 6.32. The molecular formula is C21H28F2IN3O2. The molecule has 0 saturated carbocycles. The molecule has 1 N–H and O–H groups in total. The summed E-state index contributed by atoms with van der Waals surface area (Å²) in [5.41, 5.74) is 1.59. The van der Waals surface area contributed by atoms with Gasteiger partial charge in [-0.1, -0.05) is 12.1 Å². The van der Waals surface area contributed by atoms with Crippen LogP contribution < -0.4 is 14.8 Å². The van der Waals surface area contributed by atoms with E-state index in [9.17, 15) is 8.78 Å². The zero-order valence-electron chi connectivity index (χ0n) is 17.2. The van der Waals surface area contributed by atoms with Crippen LogP contribution in [0, 0.1) is 11.6 Å². The van der Waals surface area contributed by atoms with E-state index >= 15 is 0 Å². The third-order valence-corrected chi connectivity index (χ3v) is 4.45. The summed E-state index contributed by atoms with van der Waals surface area (Å²) in [6.45, 7) is 1.23. The molecule has 29 heavy (non-hydrogen) atoms. The number of rotatable bonds is 8. The third-order valence-electron chi connectivity index (χ3n) is 4.45. The van der Waals surface area contributed by atoms with Gasteiger partial charge in [0.25, 0.3) is 0 Å². The molecule has 160 valence electrons. The van der Waals surface area contributed by atoms with E-state index in [1.807, 2.05) is 30.1 Å². The third kappa shape index (κ3) is 7.34. The van der Waals surface area contributed by atoms with Gasteiger partial charge in [0, 0.05) is 33.3 Å². The Morgan fingerprint density at radius 2 is 1.76 bits per heavy atom. The number of benzene rings is 2. The molecule has 0 saturated heterocycles. The first-order valence-corrected chi connectivity index (χ1v) is 9.05. The average molecular weight is 519 g/mol. The SMILES string of the molecule is CN=C(NCCc1ccc(F)cc1F)N(C)CCc1ccc(OC)c(OC)c1.I. The zero-order valence-corrected chi connectivity index (χ0v) is 19.5. The maximum Gasteiger partial charge on any atom is 0.193 e. The van der Waals surface area contributed by atoms with E-state index in [0.29, 0.717) is 36.0 Å². The Hall–Kier alpha value is -2.10. The van der Waals surface area contributed by atoms with Crippen LogP contribution in [-0.4, -0.2) is 52.3 Å². The van der Waals surface area contributed by atoms with Crippen molar-refractivity contribution in [1.29, 1.82) is 0 Å². The molecule has 2 aromatic rings. The molecule has 0 bridgehead atoms. The van der Waals surface area contributed by atoms with Crippen LogP contribution in [0.25, 0.3) is 0 Å². The summed E-state index contributed by atoms with van der Waals surface area (Å²) < 4.78 is 37.3. The number of guanidine groups is 1. The molecule has 8 heteroatoms.